The Hall–Kier alpha value is -2.33. The molecule has 0 aliphatic carbocycles. The maximum Gasteiger partial charge on any atom is 0.335 e. The molecule has 0 spiro atoms. The minimum atomic E-state index is -0.894. The Balaban J connectivity index is 2.42. The standard InChI is InChI=1S/C26H36O4/c1-7-25(29,8-2)17-30-23-14-12-21(16-19(23)6)26(9-3,10-4)20-11-13-22(24(27)28)18(5)15-20/h11-16,29H,7-10,17H2,1-6H3,(H,27,28). The van der Waals surface area contributed by atoms with Gasteiger partial charge >= 0.3 is 5.97 Å². The Bertz CT molecular complexity index is 877. The van der Waals surface area contributed by atoms with E-state index in [1.54, 1.807) is 6.07 Å². The predicted octanol–water partition coefficient (Wildman–Crippen LogP) is 6.04. The lowest BCUT2D eigenvalue weighted by atomic mass is 9.70. The minimum absolute atomic E-state index is 0.196. The number of hydrogen-bond acceptors (Lipinski definition) is 3. The summed E-state index contributed by atoms with van der Waals surface area (Å²) in [5.41, 5.74) is 3.49. The Morgan fingerprint density at radius 1 is 0.867 bits per heavy atom. The molecule has 0 amide bonds. The van der Waals surface area contributed by atoms with Crippen LogP contribution in [0.1, 0.15) is 86.0 Å². The van der Waals surface area contributed by atoms with E-state index in [1.807, 2.05) is 45.9 Å². The van der Waals surface area contributed by atoms with Crippen molar-refractivity contribution in [2.75, 3.05) is 6.61 Å². The first-order valence-corrected chi connectivity index (χ1v) is 11.0. The number of aromatic carboxylic acids is 1. The summed E-state index contributed by atoms with van der Waals surface area (Å²) in [5, 5.41) is 19.9. The van der Waals surface area contributed by atoms with Crippen LogP contribution in [0.3, 0.4) is 0 Å². The summed E-state index contributed by atoms with van der Waals surface area (Å²) < 4.78 is 5.97. The number of aryl methyl sites for hydroxylation is 2. The fraction of sp³-hybridized carbons (Fsp3) is 0.500. The molecule has 0 aliphatic heterocycles. The number of ether oxygens (including phenoxy) is 1. The number of benzene rings is 2. The highest BCUT2D eigenvalue weighted by molar-refractivity contribution is 5.89. The zero-order chi connectivity index (χ0) is 22.5. The van der Waals surface area contributed by atoms with Crippen LogP contribution in [0, 0.1) is 13.8 Å². The number of carboxylic acids is 1. The summed E-state index contributed by atoms with van der Waals surface area (Å²) in [6, 6.07) is 11.9. The fourth-order valence-electron chi connectivity index (χ4n) is 4.21. The molecule has 0 unspecified atom stereocenters. The molecule has 2 aromatic carbocycles. The molecule has 4 nitrogen and oxygen atoms in total. The second kappa shape index (κ2) is 9.65. The van der Waals surface area contributed by atoms with E-state index >= 15 is 0 Å². The van der Waals surface area contributed by atoms with Crippen LogP contribution >= 0.6 is 0 Å². The number of carboxylic acid groups (broad SMARTS) is 1. The van der Waals surface area contributed by atoms with E-state index in [-0.39, 0.29) is 12.0 Å². The van der Waals surface area contributed by atoms with E-state index in [2.05, 4.69) is 26.0 Å². The van der Waals surface area contributed by atoms with Gasteiger partial charge in [0.2, 0.25) is 0 Å². The third-order valence-electron chi connectivity index (χ3n) is 6.76. The average Bonchev–Trinajstić information content (AvgIpc) is 2.74. The lowest BCUT2D eigenvalue weighted by Gasteiger charge is -2.34. The molecule has 30 heavy (non-hydrogen) atoms. The van der Waals surface area contributed by atoms with Crippen LogP contribution in [0.4, 0.5) is 0 Å². The van der Waals surface area contributed by atoms with Crippen molar-refractivity contribution in [3.63, 3.8) is 0 Å². The van der Waals surface area contributed by atoms with E-state index in [1.165, 1.54) is 5.56 Å². The molecule has 0 heterocycles. The highest BCUT2D eigenvalue weighted by atomic mass is 16.5. The molecule has 0 saturated heterocycles. The fourth-order valence-corrected chi connectivity index (χ4v) is 4.21. The lowest BCUT2D eigenvalue weighted by molar-refractivity contribution is -0.0115. The van der Waals surface area contributed by atoms with Crippen molar-refractivity contribution in [1.29, 1.82) is 0 Å². The molecule has 2 aromatic rings. The van der Waals surface area contributed by atoms with Crippen molar-refractivity contribution < 1.29 is 19.7 Å². The second-order valence-corrected chi connectivity index (χ2v) is 8.32. The van der Waals surface area contributed by atoms with Gasteiger partial charge in [0.05, 0.1) is 11.2 Å². The second-order valence-electron chi connectivity index (χ2n) is 8.32. The smallest absolute Gasteiger partial charge is 0.335 e. The molecule has 4 heteroatoms. The Morgan fingerprint density at radius 3 is 1.83 bits per heavy atom. The molecule has 0 radical (unpaired) electrons. The van der Waals surface area contributed by atoms with E-state index < -0.39 is 11.6 Å². The summed E-state index contributed by atoms with van der Waals surface area (Å²) in [5.74, 6) is -0.105. The maximum atomic E-state index is 11.4. The van der Waals surface area contributed by atoms with Gasteiger partial charge in [0.25, 0.3) is 0 Å². The zero-order valence-electron chi connectivity index (χ0n) is 19.2. The Labute approximate surface area is 180 Å². The predicted molar refractivity (Wildman–Crippen MR) is 122 cm³/mol. The summed E-state index contributed by atoms with van der Waals surface area (Å²) in [6.45, 7) is 12.5. The molecular formula is C26H36O4. The number of aliphatic hydroxyl groups is 1. The lowest BCUT2D eigenvalue weighted by Crippen LogP contribution is -2.34. The first-order chi connectivity index (χ1) is 14.2. The van der Waals surface area contributed by atoms with Crippen LogP contribution in [-0.4, -0.2) is 28.4 Å². The van der Waals surface area contributed by atoms with E-state index in [4.69, 9.17) is 4.74 Å². The summed E-state index contributed by atoms with van der Waals surface area (Å²) >= 11 is 0. The molecule has 2 N–H and O–H groups in total. The normalized spacial score (nSPS) is 12.1. The first kappa shape index (κ1) is 23.9. The van der Waals surface area contributed by atoms with E-state index in [0.29, 0.717) is 18.4 Å². The van der Waals surface area contributed by atoms with Crippen LogP contribution < -0.4 is 4.74 Å². The van der Waals surface area contributed by atoms with Gasteiger partial charge < -0.3 is 14.9 Å². The third-order valence-corrected chi connectivity index (χ3v) is 6.76. The van der Waals surface area contributed by atoms with Crippen LogP contribution in [0.2, 0.25) is 0 Å². The van der Waals surface area contributed by atoms with Crippen LogP contribution in [0.5, 0.6) is 5.75 Å². The first-order valence-electron chi connectivity index (χ1n) is 11.0. The van der Waals surface area contributed by atoms with Gasteiger partial charge in [0, 0.05) is 5.41 Å². The summed E-state index contributed by atoms with van der Waals surface area (Å²) in [6.07, 6.45) is 3.11. The Kier molecular flexibility index (Phi) is 7.70. The largest absolute Gasteiger partial charge is 0.490 e. The summed E-state index contributed by atoms with van der Waals surface area (Å²) in [4.78, 5) is 11.4. The third kappa shape index (κ3) is 4.70. The molecule has 0 atom stereocenters. The van der Waals surface area contributed by atoms with Crippen molar-refractivity contribution in [1.82, 2.24) is 0 Å². The van der Waals surface area contributed by atoms with Gasteiger partial charge in [0.1, 0.15) is 12.4 Å². The van der Waals surface area contributed by atoms with Crippen LogP contribution in [0.25, 0.3) is 0 Å². The van der Waals surface area contributed by atoms with Gasteiger partial charge in [-0.25, -0.2) is 4.79 Å². The average molecular weight is 413 g/mol. The van der Waals surface area contributed by atoms with Gasteiger partial charge in [-0.15, -0.1) is 0 Å². The van der Waals surface area contributed by atoms with E-state index in [9.17, 15) is 15.0 Å². The van der Waals surface area contributed by atoms with Crippen molar-refractivity contribution in [2.45, 2.75) is 78.2 Å². The van der Waals surface area contributed by atoms with Crippen molar-refractivity contribution in [3.05, 3.63) is 64.2 Å². The molecule has 0 aliphatic rings. The van der Waals surface area contributed by atoms with Gasteiger partial charge in [-0.2, -0.15) is 0 Å². The summed E-state index contributed by atoms with van der Waals surface area (Å²) in [7, 11) is 0. The van der Waals surface area contributed by atoms with Gasteiger partial charge in [-0.3, -0.25) is 0 Å². The maximum absolute atomic E-state index is 11.4. The van der Waals surface area contributed by atoms with Crippen LogP contribution in [-0.2, 0) is 5.41 Å². The van der Waals surface area contributed by atoms with Crippen molar-refractivity contribution >= 4 is 5.97 Å². The van der Waals surface area contributed by atoms with Gasteiger partial charge in [0.15, 0.2) is 0 Å². The molecule has 0 aromatic heterocycles. The Morgan fingerprint density at radius 2 is 1.40 bits per heavy atom. The molecule has 2 rings (SSSR count). The van der Waals surface area contributed by atoms with Gasteiger partial charge in [-0.05, 0) is 73.9 Å². The van der Waals surface area contributed by atoms with E-state index in [0.717, 1.165) is 35.3 Å². The van der Waals surface area contributed by atoms with Gasteiger partial charge in [-0.1, -0.05) is 52.0 Å². The molecule has 0 fully saturated rings. The quantitative estimate of drug-likeness (QED) is 0.499. The molecular weight excluding hydrogens is 376 g/mol. The van der Waals surface area contributed by atoms with Crippen molar-refractivity contribution in [2.24, 2.45) is 0 Å². The zero-order valence-corrected chi connectivity index (χ0v) is 19.2. The number of hydrogen-bond donors (Lipinski definition) is 2. The van der Waals surface area contributed by atoms with Crippen molar-refractivity contribution in [3.8, 4) is 5.75 Å². The number of rotatable bonds is 10. The molecule has 0 saturated carbocycles. The molecule has 0 bridgehead atoms. The SMILES string of the molecule is CCC(O)(CC)COc1ccc(C(CC)(CC)c2ccc(C(=O)O)c(C)c2)cc1C. The minimum Gasteiger partial charge on any atom is -0.490 e. The highest BCUT2D eigenvalue weighted by Gasteiger charge is 2.32. The molecule has 164 valence electrons. The number of carbonyl (C=O) groups is 1. The monoisotopic (exact) mass is 412 g/mol. The highest BCUT2D eigenvalue weighted by Crippen LogP contribution is 2.41. The topological polar surface area (TPSA) is 66.8 Å². The van der Waals surface area contributed by atoms with Crippen LogP contribution in [0.15, 0.2) is 36.4 Å².